The first-order valence-corrected chi connectivity index (χ1v) is 8.95. The molecular weight excluding hydrogens is 373 g/mol. The Hall–Kier alpha value is -2.84. The van der Waals surface area contributed by atoms with Gasteiger partial charge in [-0.25, -0.2) is 4.68 Å². The van der Waals surface area contributed by atoms with Crippen molar-refractivity contribution < 1.29 is 22.8 Å². The maximum Gasteiger partial charge on any atom is 0.405 e. The third-order valence-corrected chi connectivity index (χ3v) is 4.86. The Morgan fingerprint density at radius 2 is 1.96 bits per heavy atom. The average Bonchev–Trinajstić information content (AvgIpc) is 3.26. The molecule has 3 rings (SSSR count). The summed E-state index contributed by atoms with van der Waals surface area (Å²) in [4.78, 5) is 26.5. The summed E-state index contributed by atoms with van der Waals surface area (Å²) in [5.74, 6) is -1.19. The van der Waals surface area contributed by atoms with Crippen LogP contribution in [0.25, 0.3) is 5.69 Å². The lowest BCUT2D eigenvalue weighted by atomic mass is 10.1. The molecule has 1 aromatic carbocycles. The van der Waals surface area contributed by atoms with Crippen molar-refractivity contribution >= 4 is 11.8 Å². The molecule has 0 aliphatic carbocycles. The highest BCUT2D eigenvalue weighted by atomic mass is 19.4. The second-order valence-corrected chi connectivity index (χ2v) is 6.83. The Labute approximate surface area is 160 Å². The van der Waals surface area contributed by atoms with Crippen molar-refractivity contribution in [2.45, 2.75) is 38.9 Å². The summed E-state index contributed by atoms with van der Waals surface area (Å²) in [7, 11) is 0. The van der Waals surface area contributed by atoms with Gasteiger partial charge in [0, 0.05) is 6.54 Å². The minimum absolute atomic E-state index is 0.317. The minimum Gasteiger partial charge on any atom is -0.345 e. The van der Waals surface area contributed by atoms with E-state index in [0.717, 1.165) is 11.3 Å². The quantitative estimate of drug-likeness (QED) is 0.867. The number of halogens is 3. The number of nitrogens with zero attached hydrogens (tertiary/aromatic N) is 3. The number of aryl methyl sites for hydroxylation is 1. The number of likely N-dealkylation sites (tertiary alicyclic amines) is 1. The second-order valence-electron chi connectivity index (χ2n) is 6.83. The predicted octanol–water partition coefficient (Wildman–Crippen LogP) is 2.77. The molecular formula is C19H21F3N4O2. The molecule has 0 bridgehead atoms. The Balaban J connectivity index is 1.80. The highest BCUT2D eigenvalue weighted by Crippen LogP contribution is 2.24. The summed E-state index contributed by atoms with van der Waals surface area (Å²) in [5.41, 5.74) is 2.76. The smallest absolute Gasteiger partial charge is 0.345 e. The number of carbonyl (C=O) groups excluding carboxylic acids is 2. The van der Waals surface area contributed by atoms with E-state index in [0.29, 0.717) is 30.6 Å². The van der Waals surface area contributed by atoms with Crippen LogP contribution in [0.5, 0.6) is 0 Å². The number of aromatic nitrogens is 2. The van der Waals surface area contributed by atoms with Crippen LogP contribution in [0.1, 0.15) is 34.5 Å². The van der Waals surface area contributed by atoms with E-state index in [-0.39, 0.29) is 0 Å². The number of para-hydroxylation sites is 1. The SMILES string of the molecule is Cc1ccccc1-n1ncc(C(=O)N2CCCC2C(=O)NCC(F)(F)F)c1C. The number of rotatable bonds is 4. The molecule has 28 heavy (non-hydrogen) atoms. The second kappa shape index (κ2) is 7.65. The Morgan fingerprint density at radius 3 is 2.64 bits per heavy atom. The fourth-order valence-corrected chi connectivity index (χ4v) is 3.41. The normalized spacial score (nSPS) is 17.0. The fourth-order valence-electron chi connectivity index (χ4n) is 3.41. The van der Waals surface area contributed by atoms with Crippen molar-refractivity contribution in [2.24, 2.45) is 0 Å². The van der Waals surface area contributed by atoms with Crippen molar-refractivity contribution in [2.75, 3.05) is 13.1 Å². The van der Waals surface area contributed by atoms with E-state index < -0.39 is 30.6 Å². The Morgan fingerprint density at radius 1 is 1.25 bits per heavy atom. The van der Waals surface area contributed by atoms with Gasteiger partial charge in [-0.1, -0.05) is 18.2 Å². The standard InChI is InChI=1S/C19H21F3N4O2/c1-12-6-3-4-7-15(12)26-13(2)14(10-24-26)18(28)25-9-5-8-16(25)17(27)23-11-19(20,21)22/h3-4,6-7,10,16H,5,8-9,11H2,1-2H3,(H,23,27). The molecule has 1 aromatic heterocycles. The van der Waals surface area contributed by atoms with Crippen LogP contribution in [0.3, 0.4) is 0 Å². The zero-order valence-corrected chi connectivity index (χ0v) is 15.6. The first-order valence-electron chi connectivity index (χ1n) is 8.95. The van der Waals surface area contributed by atoms with Crippen molar-refractivity contribution in [3.8, 4) is 5.69 Å². The highest BCUT2D eigenvalue weighted by molar-refractivity contribution is 5.98. The van der Waals surface area contributed by atoms with Crippen molar-refractivity contribution in [1.29, 1.82) is 0 Å². The molecule has 2 amide bonds. The zero-order valence-electron chi connectivity index (χ0n) is 15.6. The first kappa shape index (κ1) is 19.9. The van der Waals surface area contributed by atoms with Crippen LogP contribution in [-0.2, 0) is 4.79 Å². The molecule has 6 nitrogen and oxygen atoms in total. The molecule has 1 N–H and O–H groups in total. The van der Waals surface area contributed by atoms with Crippen molar-refractivity contribution in [3.05, 3.63) is 47.3 Å². The van der Waals surface area contributed by atoms with Gasteiger partial charge in [-0.15, -0.1) is 0 Å². The molecule has 1 saturated heterocycles. The van der Waals surface area contributed by atoms with Crippen LogP contribution in [0.4, 0.5) is 13.2 Å². The van der Waals surface area contributed by atoms with E-state index >= 15 is 0 Å². The monoisotopic (exact) mass is 394 g/mol. The molecule has 1 fully saturated rings. The third-order valence-electron chi connectivity index (χ3n) is 4.86. The zero-order chi connectivity index (χ0) is 20.5. The van der Waals surface area contributed by atoms with E-state index in [2.05, 4.69) is 5.10 Å². The van der Waals surface area contributed by atoms with Gasteiger partial charge in [-0.05, 0) is 38.3 Å². The van der Waals surface area contributed by atoms with Crippen molar-refractivity contribution in [1.82, 2.24) is 20.0 Å². The van der Waals surface area contributed by atoms with Gasteiger partial charge in [0.25, 0.3) is 5.91 Å². The topological polar surface area (TPSA) is 67.2 Å². The van der Waals surface area contributed by atoms with Crippen LogP contribution < -0.4 is 5.32 Å². The summed E-state index contributed by atoms with van der Waals surface area (Å²) >= 11 is 0. The van der Waals surface area contributed by atoms with Crippen LogP contribution in [0, 0.1) is 13.8 Å². The lowest BCUT2D eigenvalue weighted by molar-refractivity contribution is -0.140. The number of alkyl halides is 3. The average molecular weight is 394 g/mol. The minimum atomic E-state index is -4.49. The molecule has 0 radical (unpaired) electrons. The van der Waals surface area contributed by atoms with Crippen LogP contribution in [0.2, 0.25) is 0 Å². The first-order chi connectivity index (χ1) is 13.2. The Kier molecular flexibility index (Phi) is 5.44. The maximum atomic E-state index is 13.0. The van der Waals surface area contributed by atoms with Gasteiger partial charge in [0.1, 0.15) is 12.6 Å². The maximum absolute atomic E-state index is 13.0. The van der Waals surface area contributed by atoms with E-state index in [1.54, 1.807) is 11.6 Å². The summed E-state index contributed by atoms with van der Waals surface area (Å²) in [6, 6.07) is 6.67. The van der Waals surface area contributed by atoms with E-state index in [4.69, 9.17) is 0 Å². The number of amides is 2. The number of hydrogen-bond acceptors (Lipinski definition) is 3. The number of benzene rings is 1. The van der Waals surface area contributed by atoms with E-state index in [1.807, 2.05) is 36.5 Å². The van der Waals surface area contributed by atoms with Gasteiger partial charge < -0.3 is 10.2 Å². The molecule has 0 spiro atoms. The van der Waals surface area contributed by atoms with E-state index in [9.17, 15) is 22.8 Å². The largest absolute Gasteiger partial charge is 0.405 e. The van der Waals surface area contributed by atoms with E-state index in [1.165, 1.54) is 11.1 Å². The highest BCUT2D eigenvalue weighted by Gasteiger charge is 2.37. The molecule has 1 atom stereocenters. The summed E-state index contributed by atoms with van der Waals surface area (Å²) < 4.78 is 38.8. The van der Waals surface area contributed by atoms with Gasteiger partial charge in [-0.2, -0.15) is 18.3 Å². The van der Waals surface area contributed by atoms with Crippen LogP contribution in [-0.4, -0.2) is 51.8 Å². The van der Waals surface area contributed by atoms with Gasteiger partial charge in [0.15, 0.2) is 0 Å². The Bertz CT molecular complexity index is 892. The van der Waals surface area contributed by atoms with Gasteiger partial charge in [0.05, 0.1) is 23.1 Å². The van der Waals surface area contributed by atoms with Crippen LogP contribution >= 0.6 is 0 Å². The molecule has 1 unspecified atom stereocenters. The lowest BCUT2D eigenvalue weighted by Crippen LogP contribution is -2.48. The van der Waals surface area contributed by atoms with Crippen molar-refractivity contribution in [3.63, 3.8) is 0 Å². The molecule has 1 aliphatic heterocycles. The lowest BCUT2D eigenvalue weighted by Gasteiger charge is -2.24. The number of hydrogen-bond donors (Lipinski definition) is 1. The summed E-state index contributed by atoms with van der Waals surface area (Å²) in [5, 5.41) is 6.17. The van der Waals surface area contributed by atoms with Gasteiger partial charge in [0.2, 0.25) is 5.91 Å². The van der Waals surface area contributed by atoms with Crippen LogP contribution in [0.15, 0.2) is 30.5 Å². The molecule has 2 aromatic rings. The molecule has 9 heteroatoms. The summed E-state index contributed by atoms with van der Waals surface area (Å²) in [6.45, 7) is 2.59. The predicted molar refractivity (Wildman–Crippen MR) is 96.2 cm³/mol. The number of carbonyl (C=O) groups is 2. The fraction of sp³-hybridized carbons (Fsp3) is 0.421. The molecule has 1 aliphatic rings. The molecule has 150 valence electrons. The van der Waals surface area contributed by atoms with Gasteiger partial charge >= 0.3 is 6.18 Å². The third kappa shape index (κ3) is 4.02. The number of nitrogens with one attached hydrogen (secondary N) is 1. The van der Waals surface area contributed by atoms with Gasteiger partial charge in [-0.3, -0.25) is 9.59 Å². The summed E-state index contributed by atoms with van der Waals surface area (Å²) in [6.07, 6.45) is -2.16. The molecule has 0 saturated carbocycles. The molecule has 2 heterocycles.